The fourth-order valence-corrected chi connectivity index (χ4v) is 1.78. The second-order valence-corrected chi connectivity index (χ2v) is 4.68. The molecule has 0 atom stereocenters. The van der Waals surface area contributed by atoms with Gasteiger partial charge in [0.15, 0.2) is 0 Å². The highest BCUT2D eigenvalue weighted by atomic mass is 16.4. The minimum atomic E-state index is -0.964. The summed E-state index contributed by atoms with van der Waals surface area (Å²) in [6.07, 6.45) is -0.126. The fourth-order valence-electron chi connectivity index (χ4n) is 1.78. The number of primary amides is 1. The SMILES string of the molecule is CC(C)N(CCC(=O)O)C(=O)c1cccc(C(N)=O)c1. The van der Waals surface area contributed by atoms with E-state index in [1.165, 1.54) is 17.0 Å². The Hall–Kier alpha value is -2.37. The molecule has 0 heterocycles. The predicted octanol–water partition coefficient (Wildman–Crippen LogP) is 1.11. The summed E-state index contributed by atoms with van der Waals surface area (Å²) in [5, 5.41) is 8.71. The number of aliphatic carboxylic acids is 1. The van der Waals surface area contributed by atoms with E-state index in [1.807, 2.05) is 0 Å². The first-order valence-corrected chi connectivity index (χ1v) is 6.25. The predicted molar refractivity (Wildman–Crippen MR) is 73.4 cm³/mol. The number of nitrogens with two attached hydrogens (primary N) is 1. The molecule has 3 N–H and O–H groups in total. The van der Waals surface area contributed by atoms with Gasteiger partial charge in [-0.1, -0.05) is 6.07 Å². The average Bonchev–Trinajstić information content (AvgIpc) is 2.38. The van der Waals surface area contributed by atoms with Gasteiger partial charge in [0.2, 0.25) is 5.91 Å². The first-order valence-electron chi connectivity index (χ1n) is 6.25. The van der Waals surface area contributed by atoms with Crippen LogP contribution in [0.1, 0.15) is 41.0 Å². The van der Waals surface area contributed by atoms with Crippen molar-refractivity contribution in [2.75, 3.05) is 6.54 Å². The van der Waals surface area contributed by atoms with Crippen LogP contribution >= 0.6 is 0 Å². The summed E-state index contributed by atoms with van der Waals surface area (Å²) in [5.74, 6) is -1.89. The van der Waals surface area contributed by atoms with Gasteiger partial charge in [-0.3, -0.25) is 14.4 Å². The minimum absolute atomic E-state index is 0.118. The van der Waals surface area contributed by atoms with Gasteiger partial charge in [0.05, 0.1) is 6.42 Å². The number of rotatable bonds is 6. The molecule has 6 nitrogen and oxygen atoms in total. The molecule has 0 unspecified atom stereocenters. The summed E-state index contributed by atoms with van der Waals surface area (Å²) in [5.41, 5.74) is 5.74. The molecule has 0 saturated carbocycles. The van der Waals surface area contributed by atoms with Crippen molar-refractivity contribution >= 4 is 17.8 Å². The second-order valence-electron chi connectivity index (χ2n) is 4.68. The Labute approximate surface area is 117 Å². The molecule has 1 aromatic carbocycles. The van der Waals surface area contributed by atoms with E-state index in [9.17, 15) is 14.4 Å². The molecule has 1 aromatic rings. The molecule has 20 heavy (non-hydrogen) atoms. The average molecular weight is 278 g/mol. The van der Waals surface area contributed by atoms with Crippen molar-refractivity contribution in [1.82, 2.24) is 4.90 Å². The number of benzene rings is 1. The Morgan fingerprint density at radius 2 is 1.85 bits per heavy atom. The van der Waals surface area contributed by atoms with Crippen LogP contribution in [0.5, 0.6) is 0 Å². The van der Waals surface area contributed by atoms with Gasteiger partial charge in [-0.2, -0.15) is 0 Å². The van der Waals surface area contributed by atoms with Crippen molar-refractivity contribution in [2.45, 2.75) is 26.3 Å². The smallest absolute Gasteiger partial charge is 0.305 e. The molecule has 0 saturated heterocycles. The first kappa shape index (κ1) is 15.7. The Bertz CT molecular complexity index is 526. The number of hydrogen-bond donors (Lipinski definition) is 2. The molecule has 0 fully saturated rings. The van der Waals surface area contributed by atoms with E-state index in [-0.39, 0.29) is 30.5 Å². The van der Waals surface area contributed by atoms with Crippen LogP contribution in [0.2, 0.25) is 0 Å². The molecular weight excluding hydrogens is 260 g/mol. The Kier molecular flexibility index (Phi) is 5.25. The fraction of sp³-hybridized carbons (Fsp3) is 0.357. The summed E-state index contributed by atoms with van der Waals surface area (Å²) >= 11 is 0. The topological polar surface area (TPSA) is 101 Å². The van der Waals surface area contributed by atoms with Gasteiger partial charge in [-0.25, -0.2) is 0 Å². The third-order valence-corrected chi connectivity index (χ3v) is 2.84. The van der Waals surface area contributed by atoms with Crippen molar-refractivity contribution in [3.63, 3.8) is 0 Å². The summed E-state index contributed by atoms with van der Waals surface area (Å²) in [6.45, 7) is 3.72. The largest absolute Gasteiger partial charge is 0.481 e. The van der Waals surface area contributed by atoms with E-state index >= 15 is 0 Å². The van der Waals surface area contributed by atoms with Crippen LogP contribution in [0.3, 0.4) is 0 Å². The number of carbonyl (C=O) groups excluding carboxylic acids is 2. The van der Waals surface area contributed by atoms with E-state index in [2.05, 4.69) is 0 Å². The molecule has 2 amide bonds. The molecule has 108 valence electrons. The highest BCUT2D eigenvalue weighted by Crippen LogP contribution is 2.11. The van der Waals surface area contributed by atoms with E-state index in [0.29, 0.717) is 5.56 Å². The molecule has 1 rings (SSSR count). The van der Waals surface area contributed by atoms with Gasteiger partial charge in [-0.05, 0) is 32.0 Å². The first-order chi connectivity index (χ1) is 9.32. The standard InChI is InChI=1S/C14H18N2O4/c1-9(2)16(7-6-12(17)18)14(20)11-5-3-4-10(8-11)13(15)19/h3-5,8-9H,6-7H2,1-2H3,(H2,15,19)(H,17,18). The van der Waals surface area contributed by atoms with Crippen LogP contribution < -0.4 is 5.73 Å². The lowest BCUT2D eigenvalue weighted by Gasteiger charge is -2.26. The molecule has 0 aliphatic rings. The monoisotopic (exact) mass is 278 g/mol. The maximum absolute atomic E-state index is 12.4. The maximum Gasteiger partial charge on any atom is 0.305 e. The summed E-state index contributed by atoms with van der Waals surface area (Å²) in [7, 11) is 0. The molecule has 0 aliphatic heterocycles. The second kappa shape index (κ2) is 6.70. The minimum Gasteiger partial charge on any atom is -0.481 e. The third kappa shape index (κ3) is 4.08. The van der Waals surface area contributed by atoms with Crippen molar-refractivity contribution in [3.05, 3.63) is 35.4 Å². The molecule has 0 spiro atoms. The highest BCUT2D eigenvalue weighted by molar-refractivity contribution is 5.99. The maximum atomic E-state index is 12.4. The lowest BCUT2D eigenvalue weighted by atomic mass is 10.1. The number of carboxylic acids is 1. The summed E-state index contributed by atoms with van der Waals surface area (Å²) in [6, 6.07) is 5.95. The number of hydrogen-bond acceptors (Lipinski definition) is 3. The van der Waals surface area contributed by atoms with Crippen LogP contribution in [0.15, 0.2) is 24.3 Å². The molecule has 0 radical (unpaired) electrons. The van der Waals surface area contributed by atoms with Crippen molar-refractivity contribution < 1.29 is 19.5 Å². The van der Waals surface area contributed by atoms with Crippen LogP contribution in [0.4, 0.5) is 0 Å². The van der Waals surface area contributed by atoms with E-state index in [1.54, 1.807) is 26.0 Å². The van der Waals surface area contributed by atoms with Crippen LogP contribution in [0.25, 0.3) is 0 Å². The molecule has 0 aromatic heterocycles. The lowest BCUT2D eigenvalue weighted by molar-refractivity contribution is -0.137. The van der Waals surface area contributed by atoms with Gasteiger partial charge in [0.25, 0.3) is 5.91 Å². The summed E-state index contributed by atoms with van der Waals surface area (Å²) < 4.78 is 0. The number of amides is 2. The Morgan fingerprint density at radius 1 is 1.25 bits per heavy atom. The summed E-state index contributed by atoms with van der Waals surface area (Å²) in [4.78, 5) is 35.6. The van der Waals surface area contributed by atoms with Gasteiger partial charge in [0, 0.05) is 23.7 Å². The third-order valence-electron chi connectivity index (χ3n) is 2.84. The zero-order chi connectivity index (χ0) is 15.3. The van der Waals surface area contributed by atoms with Gasteiger partial charge in [-0.15, -0.1) is 0 Å². The van der Waals surface area contributed by atoms with Gasteiger partial charge in [0.1, 0.15) is 0 Å². The normalized spacial score (nSPS) is 10.3. The Morgan fingerprint density at radius 3 is 2.35 bits per heavy atom. The molecule has 0 aliphatic carbocycles. The van der Waals surface area contributed by atoms with Crippen LogP contribution in [0, 0.1) is 0 Å². The van der Waals surface area contributed by atoms with Gasteiger partial charge >= 0.3 is 5.97 Å². The number of carboxylic acid groups (broad SMARTS) is 1. The van der Waals surface area contributed by atoms with E-state index in [4.69, 9.17) is 10.8 Å². The highest BCUT2D eigenvalue weighted by Gasteiger charge is 2.20. The number of carbonyl (C=O) groups is 3. The lowest BCUT2D eigenvalue weighted by Crippen LogP contribution is -2.38. The van der Waals surface area contributed by atoms with E-state index in [0.717, 1.165) is 0 Å². The Balaban J connectivity index is 2.97. The van der Waals surface area contributed by atoms with Crippen molar-refractivity contribution in [3.8, 4) is 0 Å². The van der Waals surface area contributed by atoms with Crippen LogP contribution in [-0.2, 0) is 4.79 Å². The van der Waals surface area contributed by atoms with Crippen LogP contribution in [-0.4, -0.2) is 40.4 Å². The van der Waals surface area contributed by atoms with E-state index < -0.39 is 11.9 Å². The van der Waals surface area contributed by atoms with Crippen molar-refractivity contribution in [1.29, 1.82) is 0 Å². The van der Waals surface area contributed by atoms with Crippen molar-refractivity contribution in [2.24, 2.45) is 5.73 Å². The molecular formula is C14H18N2O4. The molecule has 6 heteroatoms. The zero-order valence-corrected chi connectivity index (χ0v) is 11.5. The number of nitrogens with zero attached hydrogens (tertiary/aromatic N) is 1. The quantitative estimate of drug-likeness (QED) is 0.813. The van der Waals surface area contributed by atoms with Gasteiger partial charge < -0.3 is 15.7 Å². The zero-order valence-electron chi connectivity index (χ0n) is 11.5. The molecule has 0 bridgehead atoms.